The third-order valence-corrected chi connectivity index (χ3v) is 3.69. The zero-order chi connectivity index (χ0) is 12.1. The maximum absolute atomic E-state index is 6.05. The molecule has 94 valence electrons. The van der Waals surface area contributed by atoms with Crippen LogP contribution < -0.4 is 5.73 Å². The van der Waals surface area contributed by atoms with E-state index < -0.39 is 0 Å². The predicted octanol–water partition coefficient (Wildman–Crippen LogP) is 3.03. The van der Waals surface area contributed by atoms with Crippen LogP contribution in [0, 0.1) is 12.8 Å². The van der Waals surface area contributed by atoms with E-state index in [9.17, 15) is 0 Å². The van der Waals surface area contributed by atoms with Crippen molar-refractivity contribution < 1.29 is 4.74 Å². The van der Waals surface area contributed by atoms with Gasteiger partial charge in [0.05, 0.1) is 12.7 Å². The average molecular weight is 233 g/mol. The van der Waals surface area contributed by atoms with Crippen molar-refractivity contribution in [1.29, 1.82) is 0 Å². The summed E-state index contributed by atoms with van der Waals surface area (Å²) in [4.78, 5) is 0. The predicted molar refractivity (Wildman–Crippen MR) is 70.8 cm³/mol. The van der Waals surface area contributed by atoms with Crippen molar-refractivity contribution in [3.63, 3.8) is 0 Å². The van der Waals surface area contributed by atoms with Gasteiger partial charge in [0, 0.05) is 0 Å². The highest BCUT2D eigenvalue weighted by molar-refractivity contribution is 5.21. The van der Waals surface area contributed by atoms with E-state index in [-0.39, 0.29) is 0 Å². The highest BCUT2D eigenvalue weighted by Crippen LogP contribution is 2.26. The van der Waals surface area contributed by atoms with Crippen LogP contribution in [0.25, 0.3) is 0 Å². The van der Waals surface area contributed by atoms with Crippen molar-refractivity contribution in [1.82, 2.24) is 0 Å². The van der Waals surface area contributed by atoms with Crippen LogP contribution >= 0.6 is 0 Å². The van der Waals surface area contributed by atoms with Crippen LogP contribution in [-0.4, -0.2) is 12.6 Å². The van der Waals surface area contributed by atoms with Gasteiger partial charge in [-0.05, 0) is 37.8 Å². The van der Waals surface area contributed by atoms with Gasteiger partial charge >= 0.3 is 0 Å². The van der Waals surface area contributed by atoms with Crippen LogP contribution in [-0.2, 0) is 11.3 Å². The Morgan fingerprint density at radius 2 is 2.12 bits per heavy atom. The van der Waals surface area contributed by atoms with Crippen LogP contribution in [0.5, 0.6) is 0 Å². The van der Waals surface area contributed by atoms with E-state index in [4.69, 9.17) is 10.5 Å². The number of ether oxygens (including phenoxy) is 1. The molecule has 0 spiro atoms. The molecule has 17 heavy (non-hydrogen) atoms. The minimum absolute atomic E-state index is 0.370. The van der Waals surface area contributed by atoms with Crippen LogP contribution in [0.15, 0.2) is 24.3 Å². The molecule has 0 bridgehead atoms. The van der Waals surface area contributed by atoms with Gasteiger partial charge in [0.1, 0.15) is 0 Å². The Morgan fingerprint density at radius 3 is 2.88 bits per heavy atom. The Balaban J connectivity index is 1.88. The van der Waals surface area contributed by atoms with Crippen molar-refractivity contribution in [2.75, 3.05) is 6.54 Å². The minimum Gasteiger partial charge on any atom is -0.373 e. The molecule has 1 aromatic carbocycles. The molecule has 1 saturated carbocycles. The Bertz CT molecular complexity index is 351. The van der Waals surface area contributed by atoms with Gasteiger partial charge in [0.15, 0.2) is 0 Å². The van der Waals surface area contributed by atoms with Crippen molar-refractivity contribution in [3.8, 4) is 0 Å². The number of hydrogen-bond acceptors (Lipinski definition) is 2. The lowest BCUT2D eigenvalue weighted by Gasteiger charge is -2.30. The molecule has 0 amide bonds. The Morgan fingerprint density at radius 1 is 1.29 bits per heavy atom. The van der Waals surface area contributed by atoms with Crippen LogP contribution in [0.4, 0.5) is 0 Å². The first-order chi connectivity index (χ1) is 8.29. The van der Waals surface area contributed by atoms with Crippen LogP contribution in [0.2, 0.25) is 0 Å². The third kappa shape index (κ3) is 3.55. The van der Waals surface area contributed by atoms with Crippen molar-refractivity contribution in [2.45, 2.75) is 45.3 Å². The molecule has 2 nitrogen and oxygen atoms in total. The van der Waals surface area contributed by atoms with Crippen molar-refractivity contribution >= 4 is 0 Å². The maximum Gasteiger partial charge on any atom is 0.0720 e. The van der Waals surface area contributed by atoms with Gasteiger partial charge in [0.2, 0.25) is 0 Å². The van der Waals surface area contributed by atoms with Gasteiger partial charge in [-0.15, -0.1) is 0 Å². The zero-order valence-corrected chi connectivity index (χ0v) is 10.7. The number of hydrogen-bond donors (Lipinski definition) is 1. The molecule has 0 aliphatic heterocycles. The summed E-state index contributed by atoms with van der Waals surface area (Å²) in [5, 5.41) is 0. The maximum atomic E-state index is 6.05. The Hall–Kier alpha value is -0.860. The quantitative estimate of drug-likeness (QED) is 0.867. The van der Waals surface area contributed by atoms with Crippen molar-refractivity contribution in [3.05, 3.63) is 35.4 Å². The number of nitrogens with two attached hydrogens (primary N) is 1. The molecule has 1 fully saturated rings. The first kappa shape index (κ1) is 12.6. The molecule has 0 saturated heterocycles. The van der Waals surface area contributed by atoms with Crippen LogP contribution in [0.1, 0.15) is 36.8 Å². The summed E-state index contributed by atoms with van der Waals surface area (Å²) in [5.41, 5.74) is 8.37. The molecule has 1 aromatic rings. The molecular weight excluding hydrogens is 210 g/mol. The Labute approximate surface area is 104 Å². The largest absolute Gasteiger partial charge is 0.373 e. The molecular formula is C15H23NO. The van der Waals surface area contributed by atoms with E-state index >= 15 is 0 Å². The lowest BCUT2D eigenvalue weighted by Crippen LogP contribution is -2.33. The van der Waals surface area contributed by atoms with Crippen LogP contribution in [0.3, 0.4) is 0 Å². The van der Waals surface area contributed by atoms with E-state index in [0.29, 0.717) is 12.0 Å². The monoisotopic (exact) mass is 233 g/mol. The number of benzene rings is 1. The number of rotatable bonds is 4. The van der Waals surface area contributed by atoms with Gasteiger partial charge in [-0.3, -0.25) is 0 Å². The average Bonchev–Trinajstić information content (AvgIpc) is 2.37. The summed E-state index contributed by atoms with van der Waals surface area (Å²) in [6.07, 6.45) is 5.37. The molecule has 0 radical (unpaired) electrons. The van der Waals surface area contributed by atoms with Gasteiger partial charge in [-0.2, -0.15) is 0 Å². The van der Waals surface area contributed by atoms with Gasteiger partial charge in [0.25, 0.3) is 0 Å². The lowest BCUT2D eigenvalue weighted by atomic mass is 9.86. The molecule has 1 aliphatic carbocycles. The van der Waals surface area contributed by atoms with Gasteiger partial charge in [-0.25, -0.2) is 0 Å². The van der Waals surface area contributed by atoms with Crippen molar-refractivity contribution in [2.24, 2.45) is 11.7 Å². The van der Waals surface area contributed by atoms with E-state index in [1.807, 2.05) is 0 Å². The second kappa shape index (κ2) is 6.18. The lowest BCUT2D eigenvalue weighted by molar-refractivity contribution is -0.0183. The number of aryl methyl sites for hydroxylation is 1. The van der Waals surface area contributed by atoms with E-state index in [2.05, 4.69) is 31.2 Å². The highest BCUT2D eigenvalue weighted by atomic mass is 16.5. The summed E-state index contributed by atoms with van der Waals surface area (Å²) in [5.74, 6) is 0.563. The first-order valence-electron chi connectivity index (χ1n) is 6.67. The second-order valence-corrected chi connectivity index (χ2v) is 5.12. The fraction of sp³-hybridized carbons (Fsp3) is 0.600. The van der Waals surface area contributed by atoms with E-state index in [1.54, 1.807) is 0 Å². The molecule has 2 rings (SSSR count). The molecule has 0 aromatic heterocycles. The normalized spacial score (nSPS) is 24.8. The SMILES string of the molecule is Cc1cccc(COC2CCCCC2CN)c1. The molecule has 2 atom stereocenters. The first-order valence-corrected chi connectivity index (χ1v) is 6.67. The third-order valence-electron chi connectivity index (χ3n) is 3.69. The van der Waals surface area contributed by atoms with E-state index in [1.165, 1.54) is 36.8 Å². The van der Waals surface area contributed by atoms with Gasteiger partial charge in [-0.1, -0.05) is 42.7 Å². The fourth-order valence-corrected chi connectivity index (χ4v) is 2.67. The summed E-state index contributed by atoms with van der Waals surface area (Å²) in [7, 11) is 0. The molecule has 2 unspecified atom stereocenters. The summed E-state index contributed by atoms with van der Waals surface area (Å²) in [6, 6.07) is 8.54. The van der Waals surface area contributed by atoms with E-state index in [0.717, 1.165) is 13.2 Å². The topological polar surface area (TPSA) is 35.2 Å². The fourth-order valence-electron chi connectivity index (χ4n) is 2.67. The minimum atomic E-state index is 0.370. The second-order valence-electron chi connectivity index (χ2n) is 5.12. The summed E-state index contributed by atoms with van der Waals surface area (Å²) < 4.78 is 6.05. The Kier molecular flexibility index (Phi) is 4.57. The molecule has 2 N–H and O–H groups in total. The highest BCUT2D eigenvalue weighted by Gasteiger charge is 2.24. The smallest absolute Gasteiger partial charge is 0.0720 e. The molecule has 1 aliphatic rings. The molecule has 0 heterocycles. The standard InChI is InChI=1S/C15H23NO/c1-12-5-4-6-13(9-12)11-17-15-8-3-2-7-14(15)10-16/h4-6,9,14-15H,2-3,7-8,10-11,16H2,1H3. The summed E-state index contributed by atoms with van der Waals surface area (Å²) >= 11 is 0. The summed E-state index contributed by atoms with van der Waals surface area (Å²) in [6.45, 7) is 3.61. The zero-order valence-electron chi connectivity index (χ0n) is 10.7. The van der Waals surface area contributed by atoms with Gasteiger partial charge < -0.3 is 10.5 Å². The molecule has 2 heteroatoms.